The standard InChI is InChI=1S/C16H6Br2N2S2/c17-7-1-3-11-9(5-7)14-13-15(22-21-14)10-6-8(18)2-4-12(10)20-16(13)19-11/h1-6H. The first-order valence-electron chi connectivity index (χ1n) is 6.57. The lowest BCUT2D eigenvalue weighted by atomic mass is 10.1. The number of aromatic nitrogens is 2. The van der Waals surface area contributed by atoms with Crippen LogP contribution in [0.15, 0.2) is 55.1 Å². The molecule has 0 atom stereocenters. The third-order valence-corrected chi connectivity index (χ3v) is 7.25. The summed E-state index contributed by atoms with van der Waals surface area (Å²) >= 11 is 7.12. The molecule has 6 heteroatoms. The quantitative estimate of drug-likeness (QED) is 0.224. The molecular formula is C16H6Br2N2S2. The second kappa shape index (κ2) is 4.84. The van der Waals surface area contributed by atoms with Gasteiger partial charge in [-0.25, -0.2) is 9.97 Å². The third-order valence-electron chi connectivity index (χ3n) is 3.75. The smallest absolute Gasteiger partial charge is 0.162 e. The molecule has 2 nitrogen and oxygen atoms in total. The zero-order valence-electron chi connectivity index (χ0n) is 10.9. The monoisotopic (exact) mass is 448 g/mol. The van der Waals surface area contributed by atoms with Crippen LogP contribution in [-0.2, 0) is 0 Å². The Labute approximate surface area is 150 Å². The van der Waals surface area contributed by atoms with Gasteiger partial charge in [0, 0.05) is 34.9 Å². The highest BCUT2D eigenvalue weighted by Gasteiger charge is 2.24. The van der Waals surface area contributed by atoms with Gasteiger partial charge in [0.2, 0.25) is 0 Å². The van der Waals surface area contributed by atoms with Crippen LogP contribution in [0, 0.1) is 0 Å². The summed E-state index contributed by atoms with van der Waals surface area (Å²) in [6.45, 7) is 0. The Hall–Kier alpha value is -0.820. The summed E-state index contributed by atoms with van der Waals surface area (Å²) in [5.74, 6) is 0. The van der Waals surface area contributed by atoms with Crippen LogP contribution < -0.4 is 0 Å². The molecule has 2 aromatic heterocycles. The number of pyridine rings is 2. The normalized spacial score (nSPS) is 13.5. The summed E-state index contributed by atoms with van der Waals surface area (Å²) in [5, 5.41) is 3.56. The fraction of sp³-hybridized carbons (Fsp3) is 0. The van der Waals surface area contributed by atoms with Gasteiger partial charge in [-0.3, -0.25) is 0 Å². The van der Waals surface area contributed by atoms with E-state index < -0.39 is 0 Å². The van der Waals surface area contributed by atoms with E-state index >= 15 is 0 Å². The summed E-state index contributed by atoms with van der Waals surface area (Å²) < 4.78 is 2.15. The summed E-state index contributed by atoms with van der Waals surface area (Å²) in [4.78, 5) is 12.1. The van der Waals surface area contributed by atoms with Gasteiger partial charge in [0.1, 0.15) is 0 Å². The minimum Gasteiger partial charge on any atom is -0.228 e. The molecule has 22 heavy (non-hydrogen) atoms. The van der Waals surface area contributed by atoms with Crippen molar-refractivity contribution in [2.24, 2.45) is 0 Å². The Morgan fingerprint density at radius 1 is 0.727 bits per heavy atom. The predicted octanol–water partition coefficient (Wildman–Crippen LogP) is 6.57. The summed E-state index contributed by atoms with van der Waals surface area (Å²) in [6, 6.07) is 12.4. The number of fused-ring (bicyclic) bond motifs is 4. The number of rotatable bonds is 0. The fourth-order valence-corrected chi connectivity index (χ4v) is 6.32. The Balaban J connectivity index is 2.05. The number of hydrogen-bond acceptors (Lipinski definition) is 4. The molecule has 0 N–H and O–H groups in total. The van der Waals surface area contributed by atoms with Gasteiger partial charge in [-0.15, -0.1) is 0 Å². The van der Waals surface area contributed by atoms with Gasteiger partial charge in [-0.2, -0.15) is 0 Å². The van der Waals surface area contributed by atoms with Crippen LogP contribution >= 0.6 is 53.4 Å². The maximum atomic E-state index is 4.78. The highest BCUT2D eigenvalue weighted by atomic mass is 79.9. The molecule has 0 amide bonds. The molecule has 106 valence electrons. The van der Waals surface area contributed by atoms with Crippen molar-refractivity contribution < 1.29 is 0 Å². The molecule has 0 unspecified atom stereocenters. The zero-order valence-corrected chi connectivity index (χ0v) is 15.7. The van der Waals surface area contributed by atoms with Crippen LogP contribution in [0.5, 0.6) is 0 Å². The molecule has 0 aliphatic carbocycles. The van der Waals surface area contributed by atoms with Gasteiger partial charge < -0.3 is 0 Å². The van der Waals surface area contributed by atoms with Gasteiger partial charge >= 0.3 is 0 Å². The maximum Gasteiger partial charge on any atom is 0.162 e. The molecule has 0 bridgehead atoms. The Kier molecular flexibility index (Phi) is 2.99. The Morgan fingerprint density at radius 3 is 1.73 bits per heavy atom. The van der Waals surface area contributed by atoms with E-state index in [2.05, 4.69) is 44.0 Å². The average Bonchev–Trinajstić information content (AvgIpc) is 2.95. The SMILES string of the molecule is Brc1ccc2nc3nc4ccc(Br)cc4c4c3c(c2c1)SS4. The molecule has 0 saturated carbocycles. The van der Waals surface area contributed by atoms with E-state index in [-0.39, 0.29) is 0 Å². The van der Waals surface area contributed by atoms with Crippen LogP contribution in [0.3, 0.4) is 0 Å². The highest BCUT2D eigenvalue weighted by molar-refractivity contribution is 9.10. The molecule has 5 rings (SSSR count). The number of benzene rings is 2. The van der Waals surface area contributed by atoms with Crippen molar-refractivity contribution in [3.8, 4) is 0 Å². The van der Waals surface area contributed by atoms with Gasteiger partial charge in [-0.05, 0) is 36.4 Å². The van der Waals surface area contributed by atoms with Crippen LogP contribution in [0.25, 0.3) is 32.8 Å². The lowest BCUT2D eigenvalue weighted by molar-refractivity contribution is 1.32. The van der Waals surface area contributed by atoms with Gasteiger partial charge in [-0.1, -0.05) is 53.4 Å². The van der Waals surface area contributed by atoms with Gasteiger partial charge in [0.05, 0.1) is 11.0 Å². The first kappa shape index (κ1) is 13.6. The zero-order chi connectivity index (χ0) is 14.8. The largest absolute Gasteiger partial charge is 0.228 e. The van der Waals surface area contributed by atoms with E-state index in [1.165, 1.54) is 25.9 Å². The molecule has 1 aliphatic rings. The molecule has 0 spiro atoms. The van der Waals surface area contributed by atoms with E-state index in [4.69, 9.17) is 9.97 Å². The minimum absolute atomic E-state index is 0.840. The molecule has 0 saturated heterocycles. The topological polar surface area (TPSA) is 25.8 Å². The second-order valence-corrected chi connectivity index (χ2v) is 9.05. The van der Waals surface area contributed by atoms with Gasteiger partial charge in [0.15, 0.2) is 5.65 Å². The summed E-state index contributed by atoms with van der Waals surface area (Å²) in [5.41, 5.74) is 2.83. The Bertz CT molecular complexity index is 1030. The predicted molar refractivity (Wildman–Crippen MR) is 102 cm³/mol. The van der Waals surface area contributed by atoms with Crippen LogP contribution in [-0.4, -0.2) is 9.97 Å². The third kappa shape index (κ3) is 1.87. The molecule has 0 radical (unpaired) electrons. The second-order valence-electron chi connectivity index (χ2n) is 5.07. The van der Waals surface area contributed by atoms with Crippen molar-refractivity contribution in [1.82, 2.24) is 9.97 Å². The summed E-state index contributed by atoms with van der Waals surface area (Å²) in [7, 11) is 3.61. The van der Waals surface area contributed by atoms with Gasteiger partial charge in [0.25, 0.3) is 0 Å². The molecule has 4 aromatic rings. The summed E-state index contributed by atoms with van der Waals surface area (Å²) in [6.07, 6.45) is 0. The lowest BCUT2D eigenvalue weighted by Crippen LogP contribution is -1.90. The van der Waals surface area contributed by atoms with E-state index in [0.29, 0.717) is 0 Å². The van der Waals surface area contributed by atoms with Crippen molar-refractivity contribution in [3.63, 3.8) is 0 Å². The van der Waals surface area contributed by atoms with Crippen LogP contribution in [0.4, 0.5) is 0 Å². The van der Waals surface area contributed by atoms with Crippen molar-refractivity contribution in [1.29, 1.82) is 0 Å². The first-order chi connectivity index (χ1) is 10.7. The molecule has 2 aromatic carbocycles. The molecule has 3 heterocycles. The number of hydrogen-bond donors (Lipinski definition) is 0. The van der Waals surface area contributed by atoms with Crippen LogP contribution in [0.2, 0.25) is 0 Å². The van der Waals surface area contributed by atoms with E-state index in [0.717, 1.165) is 25.6 Å². The van der Waals surface area contributed by atoms with Crippen LogP contribution in [0.1, 0.15) is 0 Å². The Morgan fingerprint density at radius 2 is 1.23 bits per heavy atom. The van der Waals surface area contributed by atoms with E-state index in [1.807, 2.05) is 24.3 Å². The molecular weight excluding hydrogens is 444 g/mol. The van der Waals surface area contributed by atoms with Crippen molar-refractivity contribution in [2.45, 2.75) is 9.79 Å². The number of nitrogens with zero attached hydrogens (tertiary/aromatic N) is 2. The fourth-order valence-electron chi connectivity index (χ4n) is 2.77. The lowest BCUT2D eigenvalue weighted by Gasteiger charge is -2.07. The maximum absolute atomic E-state index is 4.78. The highest BCUT2D eigenvalue weighted by Crippen LogP contribution is 2.55. The average molecular weight is 450 g/mol. The first-order valence-corrected chi connectivity index (χ1v) is 10.3. The van der Waals surface area contributed by atoms with Crippen molar-refractivity contribution in [3.05, 3.63) is 45.3 Å². The molecule has 0 fully saturated rings. The number of halogens is 2. The molecule has 1 aliphatic heterocycles. The van der Waals surface area contributed by atoms with Crippen molar-refractivity contribution in [2.75, 3.05) is 0 Å². The minimum atomic E-state index is 0.840. The van der Waals surface area contributed by atoms with Crippen molar-refractivity contribution >= 4 is 86.3 Å². The van der Waals surface area contributed by atoms with E-state index in [9.17, 15) is 0 Å². The van der Waals surface area contributed by atoms with E-state index in [1.54, 1.807) is 21.6 Å².